The SMILES string of the molecule is CC(O)(CF)CC(C)(CF)CF. The standard InChI is InChI=1S/C8H15F3O/c1-7(4-9,5-10)3-8(2,12)6-11/h12H,3-6H2,1-2H3. The van der Waals surface area contributed by atoms with Gasteiger partial charge in [0.25, 0.3) is 0 Å². The van der Waals surface area contributed by atoms with Crippen LogP contribution < -0.4 is 0 Å². The maximum atomic E-state index is 12.2. The van der Waals surface area contributed by atoms with E-state index in [0.717, 1.165) is 0 Å². The lowest BCUT2D eigenvalue weighted by Crippen LogP contribution is -2.37. The molecule has 1 nitrogen and oxygen atoms in total. The van der Waals surface area contributed by atoms with Crippen molar-refractivity contribution >= 4 is 0 Å². The first-order valence-corrected chi connectivity index (χ1v) is 3.79. The molecule has 1 N–H and O–H groups in total. The Morgan fingerprint density at radius 2 is 1.42 bits per heavy atom. The fourth-order valence-corrected chi connectivity index (χ4v) is 1.10. The van der Waals surface area contributed by atoms with Gasteiger partial charge in [-0.05, 0) is 13.3 Å². The lowest BCUT2D eigenvalue weighted by atomic mass is 9.82. The number of rotatable bonds is 5. The van der Waals surface area contributed by atoms with Gasteiger partial charge in [-0.1, -0.05) is 6.92 Å². The van der Waals surface area contributed by atoms with Crippen molar-refractivity contribution in [2.24, 2.45) is 5.41 Å². The van der Waals surface area contributed by atoms with Crippen LogP contribution in [0.5, 0.6) is 0 Å². The first-order chi connectivity index (χ1) is 5.39. The summed E-state index contributed by atoms with van der Waals surface area (Å²) in [5.74, 6) is 0. The minimum absolute atomic E-state index is 0.205. The van der Waals surface area contributed by atoms with Gasteiger partial charge in [-0.15, -0.1) is 0 Å². The minimum Gasteiger partial charge on any atom is -0.387 e. The number of aliphatic hydroxyl groups is 1. The van der Waals surface area contributed by atoms with E-state index < -0.39 is 31.0 Å². The van der Waals surface area contributed by atoms with Crippen LogP contribution in [0, 0.1) is 5.41 Å². The Labute approximate surface area is 70.6 Å². The summed E-state index contributed by atoms with van der Waals surface area (Å²) < 4.78 is 36.5. The maximum absolute atomic E-state index is 12.2. The van der Waals surface area contributed by atoms with Crippen LogP contribution in [0.15, 0.2) is 0 Å². The smallest absolute Gasteiger partial charge is 0.118 e. The van der Waals surface area contributed by atoms with E-state index in [1.54, 1.807) is 0 Å². The van der Waals surface area contributed by atoms with E-state index in [-0.39, 0.29) is 6.42 Å². The summed E-state index contributed by atoms with van der Waals surface area (Å²) in [5, 5.41) is 9.21. The molecule has 1 atom stereocenters. The molecule has 0 bridgehead atoms. The molecule has 0 saturated carbocycles. The summed E-state index contributed by atoms with van der Waals surface area (Å²) in [4.78, 5) is 0. The van der Waals surface area contributed by atoms with Crippen molar-refractivity contribution in [1.29, 1.82) is 0 Å². The monoisotopic (exact) mass is 184 g/mol. The number of hydrogen-bond donors (Lipinski definition) is 1. The van der Waals surface area contributed by atoms with Crippen molar-refractivity contribution in [3.05, 3.63) is 0 Å². The van der Waals surface area contributed by atoms with E-state index in [4.69, 9.17) is 0 Å². The van der Waals surface area contributed by atoms with Gasteiger partial charge in [0.2, 0.25) is 0 Å². The highest BCUT2D eigenvalue weighted by Crippen LogP contribution is 2.29. The Morgan fingerprint density at radius 3 is 1.67 bits per heavy atom. The largest absolute Gasteiger partial charge is 0.387 e. The van der Waals surface area contributed by atoms with Crippen LogP contribution in [0.3, 0.4) is 0 Å². The normalized spacial score (nSPS) is 17.5. The summed E-state index contributed by atoms with van der Waals surface area (Å²) in [7, 11) is 0. The third kappa shape index (κ3) is 3.43. The van der Waals surface area contributed by atoms with Gasteiger partial charge in [0.1, 0.15) is 6.67 Å². The van der Waals surface area contributed by atoms with Crippen molar-refractivity contribution in [3.8, 4) is 0 Å². The summed E-state index contributed by atoms with van der Waals surface area (Å²) in [5.41, 5.74) is -2.87. The van der Waals surface area contributed by atoms with Crippen LogP contribution in [-0.4, -0.2) is 30.7 Å². The van der Waals surface area contributed by atoms with Crippen molar-refractivity contribution in [2.45, 2.75) is 25.9 Å². The fraction of sp³-hybridized carbons (Fsp3) is 1.00. The molecular formula is C8H15F3O. The summed E-state index contributed by atoms with van der Waals surface area (Å²) in [6.07, 6.45) is -0.205. The quantitative estimate of drug-likeness (QED) is 0.693. The second kappa shape index (κ2) is 4.12. The van der Waals surface area contributed by atoms with E-state index >= 15 is 0 Å². The molecule has 0 saturated heterocycles. The van der Waals surface area contributed by atoms with Crippen molar-refractivity contribution in [2.75, 3.05) is 20.0 Å². The first kappa shape index (κ1) is 11.8. The molecule has 0 aromatic carbocycles. The molecular weight excluding hydrogens is 169 g/mol. The Balaban J connectivity index is 4.20. The van der Waals surface area contributed by atoms with Gasteiger partial charge in [-0.3, -0.25) is 8.78 Å². The predicted molar refractivity (Wildman–Crippen MR) is 41.3 cm³/mol. The van der Waals surface area contributed by atoms with Crippen LogP contribution >= 0.6 is 0 Å². The Morgan fingerprint density at radius 1 is 1.00 bits per heavy atom. The zero-order valence-electron chi connectivity index (χ0n) is 7.41. The molecule has 1 unspecified atom stereocenters. The number of halogens is 3. The third-order valence-electron chi connectivity index (χ3n) is 1.74. The summed E-state index contributed by atoms with van der Waals surface area (Å²) >= 11 is 0. The second-order valence-electron chi connectivity index (χ2n) is 3.89. The Hall–Kier alpha value is -0.250. The molecule has 0 heterocycles. The highest BCUT2D eigenvalue weighted by molar-refractivity contribution is 4.83. The lowest BCUT2D eigenvalue weighted by molar-refractivity contribution is -0.0231. The molecule has 0 rings (SSSR count). The van der Waals surface area contributed by atoms with Crippen LogP contribution in [0.25, 0.3) is 0 Å². The molecule has 0 radical (unpaired) electrons. The summed E-state index contributed by atoms with van der Waals surface area (Å²) in [6.45, 7) is -0.185. The Kier molecular flexibility index (Phi) is 4.03. The highest BCUT2D eigenvalue weighted by Gasteiger charge is 2.34. The van der Waals surface area contributed by atoms with E-state index in [0.29, 0.717) is 0 Å². The summed E-state index contributed by atoms with van der Waals surface area (Å²) in [6, 6.07) is 0. The second-order valence-corrected chi connectivity index (χ2v) is 3.89. The van der Waals surface area contributed by atoms with Gasteiger partial charge in [0.05, 0.1) is 19.0 Å². The first-order valence-electron chi connectivity index (χ1n) is 3.79. The van der Waals surface area contributed by atoms with Crippen LogP contribution in [0.4, 0.5) is 13.2 Å². The van der Waals surface area contributed by atoms with E-state index in [1.807, 2.05) is 0 Å². The molecule has 0 fully saturated rings. The van der Waals surface area contributed by atoms with Gasteiger partial charge in [0.15, 0.2) is 0 Å². The van der Waals surface area contributed by atoms with Gasteiger partial charge in [-0.2, -0.15) is 0 Å². The molecule has 0 aliphatic heterocycles. The molecule has 0 aromatic heterocycles. The molecule has 4 heteroatoms. The van der Waals surface area contributed by atoms with Crippen molar-refractivity contribution in [1.82, 2.24) is 0 Å². The molecule has 0 aromatic rings. The molecule has 0 aliphatic carbocycles. The number of alkyl halides is 3. The zero-order chi connectivity index (χ0) is 9.83. The van der Waals surface area contributed by atoms with Crippen LogP contribution in [-0.2, 0) is 0 Å². The average Bonchev–Trinajstić information content (AvgIpc) is 2.04. The van der Waals surface area contributed by atoms with Gasteiger partial charge >= 0.3 is 0 Å². The maximum Gasteiger partial charge on any atom is 0.118 e. The van der Waals surface area contributed by atoms with Crippen molar-refractivity contribution in [3.63, 3.8) is 0 Å². The Bertz CT molecular complexity index is 132. The van der Waals surface area contributed by atoms with Gasteiger partial charge < -0.3 is 5.11 Å². The van der Waals surface area contributed by atoms with E-state index in [1.165, 1.54) is 13.8 Å². The van der Waals surface area contributed by atoms with Crippen LogP contribution in [0.2, 0.25) is 0 Å². The minimum atomic E-state index is -1.62. The molecule has 0 aliphatic rings. The van der Waals surface area contributed by atoms with Crippen LogP contribution in [0.1, 0.15) is 20.3 Å². The highest BCUT2D eigenvalue weighted by atomic mass is 19.1. The van der Waals surface area contributed by atoms with Gasteiger partial charge in [-0.25, -0.2) is 4.39 Å². The topological polar surface area (TPSA) is 20.2 Å². The molecule has 0 amide bonds. The lowest BCUT2D eigenvalue weighted by Gasteiger charge is -2.30. The zero-order valence-corrected chi connectivity index (χ0v) is 7.41. The predicted octanol–water partition coefficient (Wildman–Crippen LogP) is 2.04. The molecule has 0 spiro atoms. The molecule has 74 valence electrons. The van der Waals surface area contributed by atoms with Gasteiger partial charge in [0, 0.05) is 5.41 Å². The van der Waals surface area contributed by atoms with E-state index in [9.17, 15) is 18.3 Å². The third-order valence-corrected chi connectivity index (χ3v) is 1.74. The average molecular weight is 184 g/mol. The number of hydrogen-bond acceptors (Lipinski definition) is 1. The fourth-order valence-electron chi connectivity index (χ4n) is 1.10. The molecule has 12 heavy (non-hydrogen) atoms. The van der Waals surface area contributed by atoms with Crippen molar-refractivity contribution < 1.29 is 18.3 Å². The van der Waals surface area contributed by atoms with E-state index in [2.05, 4.69) is 0 Å².